The maximum absolute atomic E-state index is 12.3. The van der Waals surface area contributed by atoms with Gasteiger partial charge in [-0.2, -0.15) is 0 Å². The smallest absolute Gasteiger partial charge is 0.243 e. The number of thiocarbonyl (C=S) groups is 1. The van der Waals surface area contributed by atoms with Gasteiger partial charge in [0.1, 0.15) is 9.23 Å². The fourth-order valence-electron chi connectivity index (χ4n) is 2.21. The molecule has 1 aromatic rings. The lowest BCUT2D eigenvalue weighted by molar-refractivity contribution is 0.525. The number of halogens is 2. The van der Waals surface area contributed by atoms with E-state index >= 15 is 0 Å². The molecule has 2 unspecified atom stereocenters. The molecule has 2 atom stereocenters. The lowest BCUT2D eigenvalue weighted by Gasteiger charge is -2.19. The number of hydrogen-bond donors (Lipinski definition) is 2. The summed E-state index contributed by atoms with van der Waals surface area (Å²) in [5.41, 5.74) is 5.63. The first-order valence-corrected chi connectivity index (χ1v) is 9.04. The van der Waals surface area contributed by atoms with E-state index in [-0.39, 0.29) is 21.2 Å². The van der Waals surface area contributed by atoms with Crippen molar-refractivity contribution in [3.8, 4) is 0 Å². The molecule has 1 heterocycles. The third kappa shape index (κ3) is 3.40. The van der Waals surface area contributed by atoms with Gasteiger partial charge in [-0.3, -0.25) is 0 Å². The first-order valence-electron chi connectivity index (χ1n) is 5.58. The quantitative estimate of drug-likeness (QED) is 0.811. The van der Waals surface area contributed by atoms with E-state index < -0.39 is 10.0 Å². The first-order chi connectivity index (χ1) is 8.81. The van der Waals surface area contributed by atoms with Crippen molar-refractivity contribution in [2.75, 3.05) is 0 Å². The fraction of sp³-hybridized carbons (Fsp3) is 0.500. The van der Waals surface area contributed by atoms with Crippen LogP contribution in [-0.4, -0.2) is 19.4 Å². The van der Waals surface area contributed by atoms with Crippen LogP contribution in [0.3, 0.4) is 0 Å². The summed E-state index contributed by atoms with van der Waals surface area (Å²) < 4.78 is 27.6. The summed E-state index contributed by atoms with van der Waals surface area (Å²) in [6.07, 6.45) is 2.42. The molecule has 0 aromatic carbocycles. The molecule has 3 N–H and O–H groups in total. The van der Waals surface area contributed by atoms with Gasteiger partial charge in [-0.25, -0.2) is 13.1 Å². The molecule has 1 fully saturated rings. The molecule has 1 aliphatic carbocycles. The Bertz CT molecular complexity index is 600. The zero-order valence-corrected chi connectivity index (χ0v) is 13.7. The molecule has 0 aliphatic heterocycles. The Labute approximate surface area is 131 Å². The zero-order chi connectivity index (χ0) is 14.2. The molecular weight excluding hydrogens is 347 g/mol. The topological polar surface area (TPSA) is 72.2 Å². The molecule has 1 saturated carbocycles. The van der Waals surface area contributed by atoms with E-state index in [0.717, 1.165) is 30.6 Å². The Morgan fingerprint density at radius 2 is 2.16 bits per heavy atom. The Kier molecular flexibility index (Phi) is 4.75. The van der Waals surface area contributed by atoms with Crippen molar-refractivity contribution in [1.82, 2.24) is 4.72 Å². The Hall–Kier alpha value is 0.0800. The number of thiophene rings is 1. The highest BCUT2D eigenvalue weighted by molar-refractivity contribution is 7.89. The van der Waals surface area contributed by atoms with Crippen molar-refractivity contribution in [2.24, 2.45) is 11.7 Å². The van der Waals surface area contributed by atoms with Crippen LogP contribution >= 0.6 is 46.8 Å². The standard InChI is InChI=1S/C10H12Cl2N2O2S3/c11-8-4-7(9(12)18-8)19(15,16)14-6-3-1-2-5(6)10(13)17/h4-6,14H,1-3H2,(H2,13,17). The molecule has 0 saturated heterocycles. The fourth-order valence-corrected chi connectivity index (χ4v) is 5.96. The van der Waals surface area contributed by atoms with Gasteiger partial charge < -0.3 is 5.73 Å². The number of sulfonamides is 1. The molecule has 19 heavy (non-hydrogen) atoms. The lowest BCUT2D eigenvalue weighted by atomic mass is 10.1. The normalized spacial score (nSPS) is 23.7. The van der Waals surface area contributed by atoms with Gasteiger partial charge >= 0.3 is 0 Å². The molecule has 9 heteroatoms. The number of nitrogens with two attached hydrogens (primary N) is 1. The average Bonchev–Trinajstić information content (AvgIpc) is 2.84. The van der Waals surface area contributed by atoms with Gasteiger partial charge in [0.2, 0.25) is 10.0 Å². The highest BCUT2D eigenvalue weighted by atomic mass is 35.5. The maximum Gasteiger partial charge on any atom is 0.243 e. The number of nitrogens with one attached hydrogen (secondary N) is 1. The van der Waals surface area contributed by atoms with E-state index in [1.165, 1.54) is 6.07 Å². The van der Waals surface area contributed by atoms with Crippen LogP contribution in [0.1, 0.15) is 19.3 Å². The van der Waals surface area contributed by atoms with Crippen LogP contribution in [0, 0.1) is 5.92 Å². The van der Waals surface area contributed by atoms with Gasteiger partial charge in [-0.15, -0.1) is 11.3 Å². The molecule has 1 aliphatic rings. The summed E-state index contributed by atoms with van der Waals surface area (Å²) >= 11 is 17.6. The van der Waals surface area contributed by atoms with Crippen LogP contribution in [0.2, 0.25) is 8.67 Å². The van der Waals surface area contributed by atoms with Crippen LogP contribution in [0.15, 0.2) is 11.0 Å². The molecule has 0 spiro atoms. The van der Waals surface area contributed by atoms with E-state index in [0.29, 0.717) is 9.32 Å². The minimum absolute atomic E-state index is 0.0118. The van der Waals surface area contributed by atoms with Crippen molar-refractivity contribution in [1.29, 1.82) is 0 Å². The van der Waals surface area contributed by atoms with E-state index in [1.54, 1.807) is 0 Å². The molecule has 4 nitrogen and oxygen atoms in total. The molecule has 0 radical (unpaired) electrons. The van der Waals surface area contributed by atoms with E-state index in [4.69, 9.17) is 41.2 Å². The van der Waals surface area contributed by atoms with E-state index in [9.17, 15) is 8.42 Å². The molecule has 106 valence electrons. The second kappa shape index (κ2) is 5.83. The van der Waals surface area contributed by atoms with Crippen molar-refractivity contribution < 1.29 is 8.42 Å². The summed E-state index contributed by atoms with van der Waals surface area (Å²) in [7, 11) is -3.69. The van der Waals surface area contributed by atoms with Crippen LogP contribution in [0.4, 0.5) is 0 Å². The highest BCUT2D eigenvalue weighted by Gasteiger charge is 2.34. The van der Waals surface area contributed by atoms with Crippen LogP contribution in [-0.2, 0) is 10.0 Å². The van der Waals surface area contributed by atoms with Crippen LogP contribution in [0.25, 0.3) is 0 Å². The zero-order valence-electron chi connectivity index (χ0n) is 9.73. The molecular formula is C10H12Cl2N2O2S3. The second-order valence-electron chi connectivity index (χ2n) is 4.36. The van der Waals surface area contributed by atoms with E-state index in [1.807, 2.05) is 0 Å². The summed E-state index contributed by atoms with van der Waals surface area (Å²) in [6, 6.07) is 1.08. The first kappa shape index (κ1) is 15.5. The molecule has 1 aromatic heterocycles. The second-order valence-corrected chi connectivity index (χ2v) is 8.80. The van der Waals surface area contributed by atoms with Gasteiger partial charge in [0, 0.05) is 12.0 Å². The Balaban J connectivity index is 2.22. The van der Waals surface area contributed by atoms with Gasteiger partial charge in [0.25, 0.3) is 0 Å². The third-order valence-electron chi connectivity index (χ3n) is 3.10. The van der Waals surface area contributed by atoms with E-state index in [2.05, 4.69) is 4.72 Å². The van der Waals surface area contributed by atoms with Gasteiger partial charge in [-0.1, -0.05) is 41.8 Å². The number of rotatable bonds is 4. The third-order valence-corrected chi connectivity index (χ3v) is 6.65. The lowest BCUT2D eigenvalue weighted by Crippen LogP contribution is -2.41. The summed E-state index contributed by atoms with van der Waals surface area (Å²) in [6.45, 7) is 0. The Morgan fingerprint density at radius 1 is 1.47 bits per heavy atom. The highest BCUT2D eigenvalue weighted by Crippen LogP contribution is 2.35. The summed E-state index contributed by atoms with van der Waals surface area (Å²) in [5.74, 6) is -0.0994. The van der Waals surface area contributed by atoms with Crippen LogP contribution < -0.4 is 10.5 Å². The minimum atomic E-state index is -3.69. The number of hydrogen-bond acceptors (Lipinski definition) is 4. The molecule has 0 amide bonds. The van der Waals surface area contributed by atoms with Crippen molar-refractivity contribution in [2.45, 2.75) is 30.2 Å². The van der Waals surface area contributed by atoms with Gasteiger partial charge in [-0.05, 0) is 18.9 Å². The monoisotopic (exact) mass is 358 g/mol. The largest absolute Gasteiger partial charge is 0.393 e. The maximum atomic E-state index is 12.3. The van der Waals surface area contributed by atoms with Crippen molar-refractivity contribution in [3.63, 3.8) is 0 Å². The van der Waals surface area contributed by atoms with Crippen molar-refractivity contribution in [3.05, 3.63) is 14.7 Å². The SMILES string of the molecule is NC(=S)C1CCCC1NS(=O)(=O)c1cc(Cl)sc1Cl. The average molecular weight is 359 g/mol. The van der Waals surface area contributed by atoms with Gasteiger partial charge in [0.05, 0.1) is 9.32 Å². The predicted octanol–water partition coefficient (Wildman–Crippen LogP) is 2.79. The molecule has 2 rings (SSSR count). The van der Waals surface area contributed by atoms with Crippen molar-refractivity contribution >= 4 is 61.8 Å². The Morgan fingerprint density at radius 3 is 2.68 bits per heavy atom. The van der Waals surface area contributed by atoms with Gasteiger partial charge in [0.15, 0.2) is 0 Å². The predicted molar refractivity (Wildman–Crippen MR) is 82.6 cm³/mol. The molecule has 0 bridgehead atoms. The minimum Gasteiger partial charge on any atom is -0.393 e. The van der Waals surface area contributed by atoms with Crippen LogP contribution in [0.5, 0.6) is 0 Å². The summed E-state index contributed by atoms with van der Waals surface area (Å²) in [5, 5.41) is 0. The summed E-state index contributed by atoms with van der Waals surface area (Å²) in [4.78, 5) is 0.359.